The minimum atomic E-state index is -0.492. The van der Waals surface area contributed by atoms with E-state index in [0.29, 0.717) is 21.4 Å². The van der Waals surface area contributed by atoms with Crippen molar-refractivity contribution in [2.75, 3.05) is 7.11 Å². The smallest absolute Gasteiger partial charge is 0.283 e. The first-order valence-corrected chi connectivity index (χ1v) is 8.27. The van der Waals surface area contributed by atoms with Gasteiger partial charge in [-0.25, -0.2) is 9.82 Å². The first-order chi connectivity index (χ1) is 12.0. The zero-order valence-corrected chi connectivity index (χ0v) is 14.5. The lowest BCUT2D eigenvalue weighted by molar-refractivity contribution is 0.0959. The molecule has 0 spiro atoms. The number of phenols is 1. The zero-order valence-electron chi connectivity index (χ0n) is 12.9. The third-order valence-electron chi connectivity index (χ3n) is 3.38. The van der Waals surface area contributed by atoms with Gasteiger partial charge in [-0.05, 0) is 42.0 Å². The second kappa shape index (κ2) is 7.08. The number of hydrogen-bond donors (Lipinski definition) is 2. The highest BCUT2D eigenvalue weighted by Gasteiger charge is 2.17. The molecule has 0 atom stereocenters. The topological polar surface area (TPSA) is 70.9 Å². The molecule has 8 heteroatoms. The molecule has 0 fully saturated rings. The van der Waals surface area contributed by atoms with E-state index >= 15 is 0 Å². The summed E-state index contributed by atoms with van der Waals surface area (Å²) in [6.45, 7) is 0. The quantitative estimate of drug-likeness (QED) is 0.528. The monoisotopic (exact) mass is 378 g/mol. The molecule has 3 aromatic rings. The Morgan fingerprint density at radius 2 is 2.16 bits per heavy atom. The van der Waals surface area contributed by atoms with Crippen LogP contribution in [0.2, 0.25) is 5.02 Å². The molecule has 5 nitrogen and oxygen atoms in total. The Morgan fingerprint density at radius 3 is 2.92 bits per heavy atom. The van der Waals surface area contributed by atoms with Gasteiger partial charge in [-0.3, -0.25) is 4.79 Å². The predicted octanol–water partition coefficient (Wildman–Crippen LogP) is 4.17. The van der Waals surface area contributed by atoms with Gasteiger partial charge in [0.1, 0.15) is 10.7 Å². The van der Waals surface area contributed by atoms with E-state index in [4.69, 9.17) is 16.3 Å². The lowest BCUT2D eigenvalue weighted by Crippen LogP contribution is -2.16. The number of nitrogens with zero attached hydrogens (tertiary/aromatic N) is 1. The van der Waals surface area contributed by atoms with Crippen LogP contribution in [-0.2, 0) is 0 Å². The molecule has 2 aromatic carbocycles. The van der Waals surface area contributed by atoms with Crippen molar-refractivity contribution in [2.45, 2.75) is 0 Å². The average molecular weight is 379 g/mol. The van der Waals surface area contributed by atoms with E-state index in [1.54, 1.807) is 12.1 Å². The van der Waals surface area contributed by atoms with Gasteiger partial charge >= 0.3 is 0 Å². The maximum atomic E-state index is 13.3. The van der Waals surface area contributed by atoms with E-state index in [1.807, 2.05) is 0 Å². The summed E-state index contributed by atoms with van der Waals surface area (Å²) in [5, 5.41) is 14.3. The molecule has 2 N–H and O–H groups in total. The van der Waals surface area contributed by atoms with Gasteiger partial charge in [0.25, 0.3) is 5.91 Å². The van der Waals surface area contributed by atoms with Crippen molar-refractivity contribution in [3.8, 4) is 11.5 Å². The third kappa shape index (κ3) is 3.57. The van der Waals surface area contributed by atoms with E-state index in [1.165, 1.54) is 37.6 Å². The molecule has 1 aromatic heterocycles. The number of hydrogen-bond acceptors (Lipinski definition) is 5. The Morgan fingerprint density at radius 1 is 1.36 bits per heavy atom. The molecule has 0 saturated carbocycles. The molecule has 0 bridgehead atoms. The molecule has 0 aliphatic heterocycles. The van der Waals surface area contributed by atoms with Crippen molar-refractivity contribution < 1.29 is 19.0 Å². The normalized spacial score (nSPS) is 11.2. The van der Waals surface area contributed by atoms with Gasteiger partial charge < -0.3 is 9.84 Å². The molecular weight excluding hydrogens is 367 g/mol. The Labute approximate surface area is 151 Å². The van der Waals surface area contributed by atoms with Crippen LogP contribution in [0.3, 0.4) is 0 Å². The maximum absolute atomic E-state index is 13.3. The summed E-state index contributed by atoms with van der Waals surface area (Å²) in [5.41, 5.74) is 3.00. The summed E-state index contributed by atoms with van der Waals surface area (Å²) >= 11 is 7.28. The molecule has 0 aliphatic carbocycles. The van der Waals surface area contributed by atoms with Gasteiger partial charge in [0, 0.05) is 10.1 Å². The number of aromatic hydroxyl groups is 1. The highest BCUT2D eigenvalue weighted by molar-refractivity contribution is 7.21. The predicted molar refractivity (Wildman–Crippen MR) is 96.5 cm³/mol. The number of methoxy groups -OCH3 is 1. The standard InChI is InChI=1S/C17H12ClFN2O3S/c1-24-13-6-9(2-5-12(13)22)8-20-21-17(23)16-15(18)11-4-3-10(19)7-14(11)25-16/h2-8,22H,1H3,(H,21,23). The Hall–Kier alpha value is -2.64. The molecule has 25 heavy (non-hydrogen) atoms. The summed E-state index contributed by atoms with van der Waals surface area (Å²) < 4.78 is 18.9. The fraction of sp³-hybridized carbons (Fsp3) is 0.0588. The van der Waals surface area contributed by atoms with Crippen molar-refractivity contribution in [2.24, 2.45) is 5.10 Å². The molecule has 0 radical (unpaired) electrons. The fourth-order valence-corrected chi connectivity index (χ4v) is 3.61. The Balaban J connectivity index is 1.77. The number of hydrazone groups is 1. The van der Waals surface area contributed by atoms with Crippen LogP contribution in [0.5, 0.6) is 11.5 Å². The molecule has 1 heterocycles. The number of rotatable bonds is 4. The van der Waals surface area contributed by atoms with Crippen molar-refractivity contribution in [1.29, 1.82) is 0 Å². The SMILES string of the molecule is COc1cc(C=NNC(=O)c2sc3cc(F)ccc3c2Cl)ccc1O. The molecule has 0 saturated heterocycles. The number of carbonyl (C=O) groups is 1. The van der Waals surface area contributed by atoms with Gasteiger partial charge in [0.15, 0.2) is 11.5 Å². The van der Waals surface area contributed by atoms with Crippen LogP contribution in [0.25, 0.3) is 10.1 Å². The summed E-state index contributed by atoms with van der Waals surface area (Å²) in [7, 11) is 1.43. The first-order valence-electron chi connectivity index (χ1n) is 7.07. The fourth-order valence-electron chi connectivity index (χ4n) is 2.18. The van der Waals surface area contributed by atoms with Crippen LogP contribution in [0, 0.1) is 5.82 Å². The van der Waals surface area contributed by atoms with Crippen molar-refractivity contribution in [1.82, 2.24) is 5.43 Å². The lowest BCUT2D eigenvalue weighted by Gasteiger charge is -2.03. The summed E-state index contributed by atoms with van der Waals surface area (Å²) in [6.07, 6.45) is 1.40. The minimum Gasteiger partial charge on any atom is -0.504 e. The van der Waals surface area contributed by atoms with Gasteiger partial charge in [-0.2, -0.15) is 5.10 Å². The van der Waals surface area contributed by atoms with Crippen molar-refractivity contribution >= 4 is 45.1 Å². The van der Waals surface area contributed by atoms with Crippen LogP contribution in [0.1, 0.15) is 15.2 Å². The minimum absolute atomic E-state index is 0.00738. The molecule has 1 amide bonds. The summed E-state index contributed by atoms with van der Waals surface area (Å²) in [4.78, 5) is 12.5. The Bertz CT molecular complexity index is 987. The highest BCUT2D eigenvalue weighted by atomic mass is 35.5. The second-order valence-corrected chi connectivity index (χ2v) is 6.45. The second-order valence-electron chi connectivity index (χ2n) is 5.02. The van der Waals surface area contributed by atoms with E-state index in [9.17, 15) is 14.3 Å². The zero-order chi connectivity index (χ0) is 18.0. The van der Waals surface area contributed by atoms with Crippen LogP contribution in [0.4, 0.5) is 4.39 Å². The van der Waals surface area contributed by atoms with Crippen LogP contribution in [0.15, 0.2) is 41.5 Å². The van der Waals surface area contributed by atoms with Gasteiger partial charge in [0.05, 0.1) is 18.3 Å². The number of nitrogens with one attached hydrogen (secondary N) is 1. The number of ether oxygens (including phenoxy) is 1. The number of carbonyl (C=O) groups excluding carboxylic acids is 1. The van der Waals surface area contributed by atoms with Crippen LogP contribution < -0.4 is 10.2 Å². The first kappa shape index (κ1) is 17.2. The molecule has 3 rings (SSSR count). The number of amides is 1. The number of fused-ring (bicyclic) bond motifs is 1. The van der Waals surface area contributed by atoms with E-state index < -0.39 is 11.7 Å². The van der Waals surface area contributed by atoms with Gasteiger partial charge in [0.2, 0.25) is 0 Å². The number of thiophene rings is 1. The average Bonchev–Trinajstić information content (AvgIpc) is 2.92. The number of halogens is 2. The largest absolute Gasteiger partial charge is 0.504 e. The molecule has 0 aliphatic rings. The van der Waals surface area contributed by atoms with Crippen molar-refractivity contribution in [3.63, 3.8) is 0 Å². The molecule has 0 unspecified atom stereocenters. The lowest BCUT2D eigenvalue weighted by atomic mass is 10.2. The third-order valence-corrected chi connectivity index (χ3v) is 5.04. The van der Waals surface area contributed by atoms with E-state index in [0.717, 1.165) is 11.3 Å². The Kier molecular flexibility index (Phi) is 4.87. The molecular formula is C17H12ClFN2O3S. The molecule has 128 valence electrons. The van der Waals surface area contributed by atoms with Gasteiger partial charge in [-0.15, -0.1) is 11.3 Å². The van der Waals surface area contributed by atoms with Crippen molar-refractivity contribution in [3.05, 3.63) is 57.7 Å². The van der Waals surface area contributed by atoms with E-state index in [2.05, 4.69) is 10.5 Å². The van der Waals surface area contributed by atoms with Crippen LogP contribution in [-0.4, -0.2) is 24.3 Å². The van der Waals surface area contributed by atoms with Gasteiger partial charge in [-0.1, -0.05) is 11.6 Å². The summed E-state index contributed by atoms with van der Waals surface area (Å²) in [6, 6.07) is 8.79. The maximum Gasteiger partial charge on any atom is 0.283 e. The highest BCUT2D eigenvalue weighted by Crippen LogP contribution is 2.35. The van der Waals surface area contributed by atoms with Crippen LogP contribution >= 0.6 is 22.9 Å². The number of benzene rings is 2. The van der Waals surface area contributed by atoms with E-state index in [-0.39, 0.29) is 15.6 Å². The summed E-state index contributed by atoms with van der Waals surface area (Å²) in [5.74, 6) is -0.580. The number of phenolic OH excluding ortho intramolecular Hbond substituents is 1.